The van der Waals surface area contributed by atoms with E-state index in [0.29, 0.717) is 19.4 Å². The summed E-state index contributed by atoms with van der Waals surface area (Å²) in [4.78, 5) is 44.4. The number of hydrogen-bond donors (Lipinski definition) is 2. The Morgan fingerprint density at radius 1 is 1.31 bits per heavy atom. The van der Waals surface area contributed by atoms with Gasteiger partial charge in [-0.05, 0) is 44.4 Å². The van der Waals surface area contributed by atoms with Gasteiger partial charge in [0.15, 0.2) is 0 Å². The van der Waals surface area contributed by atoms with Crippen molar-refractivity contribution in [1.29, 1.82) is 0 Å². The highest BCUT2D eigenvalue weighted by Crippen LogP contribution is 2.67. The summed E-state index contributed by atoms with van der Waals surface area (Å²) in [6.45, 7) is 18.5. The highest BCUT2D eigenvalue weighted by atomic mass is 32.2. The summed E-state index contributed by atoms with van der Waals surface area (Å²) < 4.78 is -0.778. The van der Waals surface area contributed by atoms with E-state index in [1.54, 1.807) is 11.0 Å². The Morgan fingerprint density at radius 3 is 2.43 bits per heavy atom. The maximum atomic E-state index is 14.6. The summed E-state index contributed by atoms with van der Waals surface area (Å²) in [5.74, 6) is -2.97. The van der Waals surface area contributed by atoms with Gasteiger partial charge in [-0.1, -0.05) is 47.1 Å². The smallest absolute Gasteiger partial charge is 0.308 e. The molecule has 3 fully saturated rings. The topological polar surface area (TPSA) is 98.2 Å². The van der Waals surface area contributed by atoms with Crippen molar-refractivity contribution in [2.45, 2.75) is 102 Å². The Balaban J connectivity index is 2.15. The zero-order valence-electron chi connectivity index (χ0n) is 22.4. The second-order valence-corrected chi connectivity index (χ2v) is 14.2. The van der Waals surface area contributed by atoms with Crippen LogP contribution in [-0.2, 0) is 14.4 Å². The van der Waals surface area contributed by atoms with Gasteiger partial charge in [0.2, 0.25) is 11.8 Å². The monoisotopic (exact) mass is 508 g/mol. The predicted octanol–water partition coefficient (Wildman–Crippen LogP) is 3.80. The van der Waals surface area contributed by atoms with Crippen molar-refractivity contribution in [3.05, 3.63) is 12.7 Å². The molecule has 3 aliphatic rings. The number of carbonyl (C=O) groups excluding carboxylic acids is 2. The first-order valence-electron chi connectivity index (χ1n) is 12.9. The first kappa shape index (κ1) is 28.0. The first-order valence-corrected chi connectivity index (χ1v) is 13.8. The van der Waals surface area contributed by atoms with Crippen molar-refractivity contribution >= 4 is 29.5 Å². The minimum atomic E-state index is -0.962. The van der Waals surface area contributed by atoms with Crippen LogP contribution in [0.15, 0.2) is 12.7 Å². The first-order chi connectivity index (χ1) is 16.2. The van der Waals surface area contributed by atoms with Gasteiger partial charge in [0.1, 0.15) is 6.04 Å². The highest BCUT2D eigenvalue weighted by molar-refractivity contribution is 8.02. The Hall–Kier alpha value is -1.54. The van der Waals surface area contributed by atoms with Crippen LogP contribution >= 0.6 is 11.8 Å². The molecular weight excluding hydrogens is 464 g/mol. The van der Waals surface area contributed by atoms with Crippen LogP contribution in [0.3, 0.4) is 0 Å². The molecule has 2 bridgehead atoms. The number of likely N-dealkylation sites (tertiary alicyclic amines) is 1. The van der Waals surface area contributed by atoms with Crippen LogP contribution in [0.2, 0.25) is 0 Å². The van der Waals surface area contributed by atoms with E-state index in [2.05, 4.69) is 27.4 Å². The third kappa shape index (κ3) is 4.65. The van der Waals surface area contributed by atoms with Gasteiger partial charge < -0.3 is 20.0 Å². The Bertz CT molecular complexity index is 868. The van der Waals surface area contributed by atoms with Crippen molar-refractivity contribution in [1.82, 2.24) is 9.80 Å². The third-order valence-electron chi connectivity index (χ3n) is 8.37. The van der Waals surface area contributed by atoms with E-state index in [1.807, 2.05) is 32.6 Å². The summed E-state index contributed by atoms with van der Waals surface area (Å²) in [5.41, 5.74) is -0.542. The lowest BCUT2D eigenvalue weighted by atomic mass is 9.71. The van der Waals surface area contributed by atoms with Crippen molar-refractivity contribution < 1.29 is 24.6 Å². The van der Waals surface area contributed by atoms with Crippen molar-refractivity contribution in [2.75, 3.05) is 13.2 Å². The molecule has 0 radical (unpaired) electrons. The largest absolute Gasteiger partial charge is 0.481 e. The molecule has 3 aliphatic heterocycles. The number of rotatable bonds is 10. The van der Waals surface area contributed by atoms with E-state index >= 15 is 0 Å². The highest BCUT2D eigenvalue weighted by Gasteiger charge is 2.75. The molecule has 2 N–H and O–H groups in total. The van der Waals surface area contributed by atoms with E-state index < -0.39 is 40.2 Å². The molecule has 0 aromatic carbocycles. The lowest BCUT2D eigenvalue weighted by Gasteiger charge is -2.47. The number of carboxylic acid groups (broad SMARTS) is 1. The Kier molecular flexibility index (Phi) is 7.79. The average Bonchev–Trinajstić information content (AvgIpc) is 3.38. The van der Waals surface area contributed by atoms with E-state index in [0.717, 1.165) is 12.8 Å². The van der Waals surface area contributed by atoms with E-state index in [9.17, 15) is 24.6 Å². The molecule has 1 spiro atoms. The van der Waals surface area contributed by atoms with Crippen molar-refractivity contribution in [3.63, 3.8) is 0 Å². The molecule has 0 aromatic heterocycles. The fourth-order valence-corrected chi connectivity index (χ4v) is 9.32. The van der Waals surface area contributed by atoms with E-state index in [1.165, 1.54) is 11.8 Å². The number of aliphatic carboxylic acids is 1. The van der Waals surface area contributed by atoms with Crippen LogP contribution in [0.4, 0.5) is 0 Å². The van der Waals surface area contributed by atoms with Gasteiger partial charge in [0.25, 0.3) is 0 Å². The maximum absolute atomic E-state index is 14.6. The number of aliphatic hydroxyl groups is 1. The summed E-state index contributed by atoms with van der Waals surface area (Å²) in [6.07, 6.45) is 4.52. The Morgan fingerprint density at radius 2 is 1.94 bits per heavy atom. The van der Waals surface area contributed by atoms with Crippen LogP contribution < -0.4 is 0 Å². The average molecular weight is 509 g/mol. The second-order valence-electron chi connectivity index (χ2n) is 12.6. The molecule has 3 rings (SSSR count). The molecule has 3 heterocycles. The SMILES string of the molecule is C=CCN(C(=O)C1N([C@@H](CO)[C@@H](C)CC)C(=O)[C@@H]2[C@H](C(=O)O)[C@@H]3CCC12S3)C(C)(C)CC(C)(C)C. The molecule has 8 heteroatoms. The molecule has 198 valence electrons. The number of fused-ring (bicyclic) bond motifs is 1. The van der Waals surface area contributed by atoms with Gasteiger partial charge in [-0.2, -0.15) is 0 Å². The molecule has 0 aromatic rings. The zero-order chi connectivity index (χ0) is 26.5. The lowest BCUT2D eigenvalue weighted by molar-refractivity contribution is -0.151. The van der Waals surface area contributed by atoms with E-state index in [4.69, 9.17) is 0 Å². The quantitative estimate of drug-likeness (QED) is 0.436. The zero-order valence-corrected chi connectivity index (χ0v) is 23.2. The molecule has 0 aliphatic carbocycles. The molecule has 35 heavy (non-hydrogen) atoms. The number of carboxylic acids is 1. The second kappa shape index (κ2) is 9.73. The fraction of sp³-hybridized carbons (Fsp3) is 0.815. The normalized spacial score (nSPS) is 31.9. The molecule has 2 unspecified atom stereocenters. The Labute approximate surface area is 214 Å². The fourth-order valence-electron chi connectivity index (χ4n) is 7.13. The van der Waals surface area contributed by atoms with Crippen molar-refractivity contribution in [2.24, 2.45) is 23.2 Å². The van der Waals surface area contributed by atoms with Gasteiger partial charge in [-0.25, -0.2) is 0 Å². The van der Waals surface area contributed by atoms with Crippen LogP contribution in [0.1, 0.15) is 74.1 Å². The number of carbonyl (C=O) groups is 3. The number of amides is 2. The number of hydrogen-bond acceptors (Lipinski definition) is 5. The molecule has 0 saturated carbocycles. The maximum Gasteiger partial charge on any atom is 0.308 e. The number of aliphatic hydroxyl groups excluding tert-OH is 1. The minimum absolute atomic E-state index is 0.0320. The standard InChI is InChI=1S/C27H44N2O5S/c1-9-13-28(26(7,8)15-25(4,5)6)23(32)21-27-12-11-18(35-27)19(24(33)34)20(27)22(31)29(21)17(14-30)16(3)10-2/h9,16-21,30H,1,10-15H2,2-8H3,(H,33,34)/t16-,17-,18-,19+,20-,21?,27?/m0/s1. The van der Waals surface area contributed by atoms with Crippen molar-refractivity contribution in [3.8, 4) is 0 Å². The predicted molar refractivity (Wildman–Crippen MR) is 139 cm³/mol. The molecule has 7 nitrogen and oxygen atoms in total. The van der Waals surface area contributed by atoms with Crippen LogP contribution in [0, 0.1) is 23.2 Å². The molecule has 7 atom stereocenters. The summed E-state index contributed by atoms with van der Waals surface area (Å²) in [7, 11) is 0. The summed E-state index contributed by atoms with van der Waals surface area (Å²) in [6, 6.07) is -1.34. The number of thioether (sulfide) groups is 1. The lowest BCUT2D eigenvalue weighted by Crippen LogP contribution is -2.62. The van der Waals surface area contributed by atoms with Crippen LogP contribution in [-0.4, -0.2) is 78.6 Å². The van der Waals surface area contributed by atoms with Crippen LogP contribution in [0.5, 0.6) is 0 Å². The van der Waals surface area contributed by atoms with E-state index in [-0.39, 0.29) is 35.0 Å². The van der Waals surface area contributed by atoms with Gasteiger partial charge in [-0.3, -0.25) is 14.4 Å². The molecule has 2 amide bonds. The van der Waals surface area contributed by atoms with Gasteiger partial charge in [-0.15, -0.1) is 18.3 Å². The summed E-state index contributed by atoms with van der Waals surface area (Å²) >= 11 is 1.54. The molecule has 3 saturated heterocycles. The minimum Gasteiger partial charge on any atom is -0.481 e. The summed E-state index contributed by atoms with van der Waals surface area (Å²) in [5, 5.41) is 20.3. The molecular formula is C27H44N2O5S. The number of nitrogens with zero attached hydrogens (tertiary/aromatic N) is 2. The van der Waals surface area contributed by atoms with Gasteiger partial charge in [0, 0.05) is 17.3 Å². The van der Waals surface area contributed by atoms with Crippen LogP contribution in [0.25, 0.3) is 0 Å². The van der Waals surface area contributed by atoms with Gasteiger partial charge >= 0.3 is 5.97 Å². The van der Waals surface area contributed by atoms with Gasteiger partial charge in [0.05, 0.1) is 29.2 Å². The third-order valence-corrected chi connectivity index (χ3v) is 10.3.